The van der Waals surface area contributed by atoms with E-state index in [1.165, 1.54) is 6.92 Å². The third-order valence-corrected chi connectivity index (χ3v) is 3.49. The lowest BCUT2D eigenvalue weighted by Gasteiger charge is -2.11. The molecule has 5 nitrogen and oxygen atoms in total. The van der Waals surface area contributed by atoms with E-state index in [1.807, 2.05) is 18.2 Å². The molecule has 3 rings (SSSR count). The molecule has 0 saturated heterocycles. The number of fused-ring (bicyclic) bond motifs is 1. The van der Waals surface area contributed by atoms with Crippen LogP contribution in [0.3, 0.4) is 0 Å². The number of carbonyl (C=O) groups is 2. The Morgan fingerprint density at radius 1 is 1.22 bits per heavy atom. The molecule has 1 N–H and O–H groups in total. The molecular formula is C18H15NO4. The molecule has 0 amide bonds. The molecule has 0 fully saturated rings. The summed E-state index contributed by atoms with van der Waals surface area (Å²) in [5.74, 6) is 1.01. The van der Waals surface area contributed by atoms with Crippen molar-refractivity contribution in [2.45, 2.75) is 13.5 Å². The van der Waals surface area contributed by atoms with Gasteiger partial charge in [-0.2, -0.15) is 0 Å². The quantitative estimate of drug-likeness (QED) is 0.555. The minimum Gasteiger partial charge on any atom is -0.463 e. The van der Waals surface area contributed by atoms with Crippen LogP contribution in [0.2, 0.25) is 0 Å². The van der Waals surface area contributed by atoms with Crippen molar-refractivity contribution < 1.29 is 19.1 Å². The van der Waals surface area contributed by atoms with Crippen molar-refractivity contribution >= 4 is 23.2 Å². The van der Waals surface area contributed by atoms with Crippen LogP contribution in [0.1, 0.15) is 22.8 Å². The van der Waals surface area contributed by atoms with Crippen LogP contribution in [0.4, 0.5) is 0 Å². The highest BCUT2D eigenvalue weighted by Crippen LogP contribution is 2.32. The Labute approximate surface area is 132 Å². The summed E-state index contributed by atoms with van der Waals surface area (Å²) in [7, 11) is 0. The summed E-state index contributed by atoms with van der Waals surface area (Å²) in [6.07, 6.45) is 1.79. The third kappa shape index (κ3) is 3.08. The van der Waals surface area contributed by atoms with Crippen LogP contribution in [0, 0.1) is 0 Å². The van der Waals surface area contributed by atoms with Crippen LogP contribution < -0.4 is 4.74 Å². The third-order valence-electron chi connectivity index (χ3n) is 3.49. The van der Waals surface area contributed by atoms with Crippen LogP contribution in [-0.2, 0) is 16.1 Å². The van der Waals surface area contributed by atoms with E-state index in [1.54, 1.807) is 30.5 Å². The Morgan fingerprint density at radius 2 is 2.09 bits per heavy atom. The molecule has 1 aromatic heterocycles. The summed E-state index contributed by atoms with van der Waals surface area (Å²) in [5, 5.41) is 0.829. The molecule has 23 heavy (non-hydrogen) atoms. The molecule has 1 heterocycles. The normalized spacial score (nSPS) is 10.5. The molecule has 0 aliphatic carbocycles. The van der Waals surface area contributed by atoms with Crippen molar-refractivity contribution in [3.05, 3.63) is 59.8 Å². The topological polar surface area (TPSA) is 68.4 Å². The fourth-order valence-corrected chi connectivity index (χ4v) is 2.52. The lowest BCUT2D eigenvalue weighted by Crippen LogP contribution is -1.98. The van der Waals surface area contributed by atoms with Gasteiger partial charge in [0.05, 0.1) is 5.56 Å². The molecule has 116 valence electrons. The smallest absolute Gasteiger partial charge is 0.293 e. The van der Waals surface area contributed by atoms with Gasteiger partial charge in [-0.1, -0.05) is 12.1 Å². The zero-order chi connectivity index (χ0) is 16.2. The Kier molecular flexibility index (Phi) is 4.10. The lowest BCUT2D eigenvalue weighted by molar-refractivity contribution is -0.129. The maximum absolute atomic E-state index is 12.0. The van der Waals surface area contributed by atoms with Crippen LogP contribution >= 0.6 is 0 Å². The molecule has 5 heteroatoms. The first kappa shape index (κ1) is 14.8. The maximum Gasteiger partial charge on any atom is 0.293 e. The largest absolute Gasteiger partial charge is 0.463 e. The van der Waals surface area contributed by atoms with Crippen molar-refractivity contribution in [3.63, 3.8) is 0 Å². The van der Waals surface area contributed by atoms with Crippen molar-refractivity contribution in [2.75, 3.05) is 0 Å². The van der Waals surface area contributed by atoms with E-state index in [9.17, 15) is 9.59 Å². The Balaban J connectivity index is 1.96. The number of benzene rings is 2. The van der Waals surface area contributed by atoms with Gasteiger partial charge in [0.15, 0.2) is 5.78 Å². The highest BCUT2D eigenvalue weighted by Gasteiger charge is 2.14. The molecule has 0 radical (unpaired) electrons. The minimum atomic E-state index is -0.0642. The molecule has 0 atom stereocenters. The maximum atomic E-state index is 12.0. The standard InChI is InChI=1S/C18H15NO4/c1-12(21)18-15-7-8-19-16(15)5-6-17(18)23-14-4-2-3-13(9-14)10-22-11-20/h2-9,11,19H,10H2,1H3. The monoisotopic (exact) mass is 309 g/mol. The first-order valence-electron chi connectivity index (χ1n) is 7.12. The Bertz CT molecular complexity index is 866. The number of ketones is 1. The van der Waals surface area contributed by atoms with Crippen LogP contribution in [-0.4, -0.2) is 17.2 Å². The van der Waals surface area contributed by atoms with Crippen LogP contribution in [0.5, 0.6) is 11.5 Å². The molecular weight excluding hydrogens is 294 g/mol. The summed E-state index contributed by atoms with van der Waals surface area (Å²) >= 11 is 0. The fourth-order valence-electron chi connectivity index (χ4n) is 2.52. The number of hydrogen-bond acceptors (Lipinski definition) is 4. The van der Waals surface area contributed by atoms with E-state index in [-0.39, 0.29) is 12.4 Å². The zero-order valence-corrected chi connectivity index (χ0v) is 12.5. The number of hydrogen-bond donors (Lipinski definition) is 1. The Morgan fingerprint density at radius 3 is 2.87 bits per heavy atom. The average Bonchev–Trinajstić information content (AvgIpc) is 3.01. The summed E-state index contributed by atoms with van der Waals surface area (Å²) < 4.78 is 10.6. The number of H-pyrrole nitrogens is 1. The summed E-state index contributed by atoms with van der Waals surface area (Å²) in [5.41, 5.74) is 2.23. The predicted octanol–water partition coefficient (Wildman–Crippen LogP) is 3.84. The van der Waals surface area contributed by atoms with Gasteiger partial charge in [-0.05, 0) is 42.8 Å². The van der Waals surface area contributed by atoms with Crippen molar-refractivity contribution in [1.82, 2.24) is 4.98 Å². The van der Waals surface area contributed by atoms with Crippen molar-refractivity contribution in [2.24, 2.45) is 0 Å². The molecule has 0 aliphatic rings. The number of ether oxygens (including phenoxy) is 2. The van der Waals surface area contributed by atoms with Gasteiger partial charge in [0.1, 0.15) is 18.1 Å². The Hall–Kier alpha value is -3.08. The van der Waals surface area contributed by atoms with Gasteiger partial charge in [-0.25, -0.2) is 0 Å². The van der Waals surface area contributed by atoms with Gasteiger partial charge >= 0.3 is 0 Å². The van der Waals surface area contributed by atoms with Gasteiger partial charge in [0.25, 0.3) is 6.47 Å². The molecule has 2 aromatic carbocycles. The molecule has 0 bridgehead atoms. The fraction of sp³-hybridized carbons (Fsp3) is 0.111. The molecule has 0 aliphatic heterocycles. The van der Waals surface area contributed by atoms with E-state index in [2.05, 4.69) is 4.98 Å². The van der Waals surface area contributed by atoms with E-state index in [0.29, 0.717) is 23.5 Å². The van der Waals surface area contributed by atoms with E-state index in [4.69, 9.17) is 9.47 Å². The minimum absolute atomic E-state index is 0.0642. The molecule has 0 saturated carbocycles. The number of Topliss-reactive ketones (excluding diaryl/α,β-unsaturated/α-hetero) is 1. The zero-order valence-electron chi connectivity index (χ0n) is 12.5. The number of aromatic amines is 1. The van der Waals surface area contributed by atoms with Crippen LogP contribution in [0.15, 0.2) is 48.7 Å². The van der Waals surface area contributed by atoms with E-state index < -0.39 is 0 Å². The van der Waals surface area contributed by atoms with Crippen molar-refractivity contribution in [3.8, 4) is 11.5 Å². The van der Waals surface area contributed by atoms with Gasteiger partial charge < -0.3 is 14.5 Å². The number of rotatable bonds is 6. The molecule has 0 unspecified atom stereocenters. The molecule has 3 aromatic rings. The summed E-state index contributed by atoms with van der Waals surface area (Å²) in [4.78, 5) is 25.4. The SMILES string of the molecule is CC(=O)c1c(Oc2cccc(COC=O)c2)ccc2[nH]ccc12. The lowest BCUT2D eigenvalue weighted by atomic mass is 10.1. The number of nitrogens with one attached hydrogen (secondary N) is 1. The first-order chi connectivity index (χ1) is 11.2. The van der Waals surface area contributed by atoms with E-state index >= 15 is 0 Å². The van der Waals surface area contributed by atoms with Gasteiger partial charge in [0, 0.05) is 17.1 Å². The number of carbonyl (C=O) groups excluding carboxylic acids is 2. The summed E-state index contributed by atoms with van der Waals surface area (Å²) in [6.45, 7) is 2.10. The summed E-state index contributed by atoms with van der Waals surface area (Å²) in [6, 6.07) is 12.7. The molecule has 0 spiro atoms. The van der Waals surface area contributed by atoms with Gasteiger partial charge in [-0.15, -0.1) is 0 Å². The second kappa shape index (κ2) is 6.36. The number of aromatic nitrogens is 1. The highest BCUT2D eigenvalue weighted by atomic mass is 16.5. The van der Waals surface area contributed by atoms with E-state index in [0.717, 1.165) is 16.5 Å². The average molecular weight is 309 g/mol. The first-order valence-corrected chi connectivity index (χ1v) is 7.12. The highest BCUT2D eigenvalue weighted by molar-refractivity contribution is 6.09. The van der Waals surface area contributed by atoms with Gasteiger partial charge in [0.2, 0.25) is 0 Å². The van der Waals surface area contributed by atoms with Gasteiger partial charge in [-0.3, -0.25) is 9.59 Å². The predicted molar refractivity (Wildman–Crippen MR) is 85.7 cm³/mol. The van der Waals surface area contributed by atoms with Crippen LogP contribution in [0.25, 0.3) is 10.9 Å². The van der Waals surface area contributed by atoms with Crippen molar-refractivity contribution in [1.29, 1.82) is 0 Å². The second-order valence-electron chi connectivity index (χ2n) is 5.09. The second-order valence-corrected chi connectivity index (χ2v) is 5.09.